The van der Waals surface area contributed by atoms with Gasteiger partial charge in [-0.1, -0.05) is 0 Å². The van der Waals surface area contributed by atoms with E-state index in [9.17, 15) is 5.11 Å². The van der Waals surface area contributed by atoms with Crippen LogP contribution < -0.4 is 4.74 Å². The van der Waals surface area contributed by atoms with Gasteiger partial charge in [-0.2, -0.15) is 0 Å². The molecule has 0 aliphatic carbocycles. The van der Waals surface area contributed by atoms with E-state index >= 15 is 0 Å². The highest BCUT2D eigenvalue weighted by Gasteiger charge is 2.18. The summed E-state index contributed by atoms with van der Waals surface area (Å²) in [6.07, 6.45) is 1.65. The number of aromatic nitrogens is 1. The third-order valence-electron chi connectivity index (χ3n) is 1.95. The predicted molar refractivity (Wildman–Crippen MR) is 50.8 cm³/mol. The van der Waals surface area contributed by atoms with E-state index in [2.05, 4.69) is 4.98 Å². The summed E-state index contributed by atoms with van der Waals surface area (Å²) in [5.74, 6) is 0.575. The predicted octanol–water partition coefficient (Wildman–Crippen LogP) is 1.63. The second kappa shape index (κ2) is 3.34. The number of aliphatic hydroxyl groups is 1. The molecule has 72 valence electrons. The van der Waals surface area contributed by atoms with Gasteiger partial charge in [0.1, 0.15) is 0 Å². The van der Waals surface area contributed by atoms with Gasteiger partial charge in [0.15, 0.2) is 0 Å². The molecule has 0 saturated carbocycles. The number of aryl methyl sites for hydroxylation is 1. The molecule has 0 fully saturated rings. The maximum atomic E-state index is 9.75. The topological polar surface area (TPSA) is 42.4 Å². The lowest BCUT2D eigenvalue weighted by molar-refractivity contribution is 0.0774. The first kappa shape index (κ1) is 9.99. The molecule has 3 heteroatoms. The fraction of sp³-hybridized carbons (Fsp3) is 0.500. The molecule has 0 aromatic carbocycles. The Labute approximate surface area is 78.4 Å². The van der Waals surface area contributed by atoms with Gasteiger partial charge in [-0.3, -0.25) is 0 Å². The van der Waals surface area contributed by atoms with Crippen molar-refractivity contribution in [1.82, 2.24) is 4.98 Å². The van der Waals surface area contributed by atoms with E-state index in [1.165, 1.54) is 0 Å². The summed E-state index contributed by atoms with van der Waals surface area (Å²) in [4.78, 5) is 4.04. The number of methoxy groups -OCH3 is 1. The molecular weight excluding hydrogens is 166 g/mol. The maximum Gasteiger partial charge on any atom is 0.213 e. The second-order valence-electron chi connectivity index (χ2n) is 3.60. The molecule has 0 atom stereocenters. The van der Waals surface area contributed by atoms with Crippen molar-refractivity contribution in [3.8, 4) is 5.88 Å². The van der Waals surface area contributed by atoms with Gasteiger partial charge in [-0.15, -0.1) is 0 Å². The average molecular weight is 181 g/mol. The van der Waals surface area contributed by atoms with Crippen molar-refractivity contribution in [1.29, 1.82) is 0 Å². The van der Waals surface area contributed by atoms with Crippen molar-refractivity contribution < 1.29 is 9.84 Å². The second-order valence-corrected chi connectivity index (χ2v) is 3.60. The first-order valence-electron chi connectivity index (χ1n) is 4.18. The molecule has 1 heterocycles. The van der Waals surface area contributed by atoms with Gasteiger partial charge in [-0.05, 0) is 26.3 Å². The Morgan fingerprint density at radius 3 is 2.46 bits per heavy atom. The normalized spacial score (nSPS) is 11.5. The van der Waals surface area contributed by atoms with Gasteiger partial charge >= 0.3 is 0 Å². The Kier molecular flexibility index (Phi) is 2.57. The standard InChI is InChI=1S/C10H15NO2/c1-7-5-9(13-4)11-6-8(7)10(2,3)12/h5-6,12H,1-4H3. The zero-order valence-corrected chi connectivity index (χ0v) is 8.46. The monoisotopic (exact) mass is 181 g/mol. The first-order chi connectivity index (χ1) is 5.95. The number of pyridine rings is 1. The third kappa shape index (κ3) is 2.18. The molecule has 0 unspecified atom stereocenters. The van der Waals surface area contributed by atoms with Crippen LogP contribution in [0.15, 0.2) is 12.3 Å². The molecule has 1 aromatic heterocycles. The van der Waals surface area contributed by atoms with E-state index in [-0.39, 0.29) is 0 Å². The molecule has 0 spiro atoms. The molecule has 0 saturated heterocycles. The van der Waals surface area contributed by atoms with Crippen LogP contribution in [0, 0.1) is 6.92 Å². The van der Waals surface area contributed by atoms with Gasteiger partial charge in [0.25, 0.3) is 0 Å². The minimum atomic E-state index is -0.844. The number of nitrogens with zero attached hydrogens (tertiary/aromatic N) is 1. The Balaban J connectivity index is 3.13. The number of hydrogen-bond donors (Lipinski definition) is 1. The molecule has 13 heavy (non-hydrogen) atoms. The molecule has 1 aromatic rings. The summed E-state index contributed by atoms with van der Waals surface area (Å²) in [5.41, 5.74) is 0.969. The van der Waals surface area contributed by atoms with Crippen LogP contribution >= 0.6 is 0 Å². The Hall–Kier alpha value is -1.09. The number of ether oxygens (including phenoxy) is 1. The molecule has 3 nitrogen and oxygen atoms in total. The highest BCUT2D eigenvalue weighted by molar-refractivity contribution is 5.31. The molecule has 0 aliphatic heterocycles. The van der Waals surface area contributed by atoms with E-state index in [0.717, 1.165) is 11.1 Å². The summed E-state index contributed by atoms with van der Waals surface area (Å²) in [6.45, 7) is 5.41. The first-order valence-corrected chi connectivity index (χ1v) is 4.18. The summed E-state index contributed by atoms with van der Waals surface area (Å²) >= 11 is 0. The fourth-order valence-corrected chi connectivity index (χ4v) is 1.28. The summed E-state index contributed by atoms with van der Waals surface area (Å²) < 4.78 is 4.97. The van der Waals surface area contributed by atoms with Crippen LogP contribution in [0.25, 0.3) is 0 Å². The smallest absolute Gasteiger partial charge is 0.213 e. The zero-order chi connectivity index (χ0) is 10.1. The average Bonchev–Trinajstić information content (AvgIpc) is 2.01. The lowest BCUT2D eigenvalue weighted by Gasteiger charge is -2.19. The summed E-state index contributed by atoms with van der Waals surface area (Å²) in [7, 11) is 1.57. The fourth-order valence-electron chi connectivity index (χ4n) is 1.28. The van der Waals surface area contributed by atoms with Crippen LogP contribution in [0.4, 0.5) is 0 Å². The van der Waals surface area contributed by atoms with Gasteiger partial charge in [0.05, 0.1) is 12.7 Å². The molecule has 1 N–H and O–H groups in total. The zero-order valence-electron chi connectivity index (χ0n) is 8.46. The molecule has 0 amide bonds. The quantitative estimate of drug-likeness (QED) is 0.754. The van der Waals surface area contributed by atoms with E-state index in [0.29, 0.717) is 5.88 Å². The van der Waals surface area contributed by atoms with Crippen molar-refractivity contribution in [2.45, 2.75) is 26.4 Å². The summed E-state index contributed by atoms with van der Waals surface area (Å²) in [5, 5.41) is 9.75. The third-order valence-corrected chi connectivity index (χ3v) is 1.95. The summed E-state index contributed by atoms with van der Waals surface area (Å²) in [6, 6.07) is 1.81. The SMILES string of the molecule is COc1cc(C)c(C(C)(C)O)cn1. The highest BCUT2D eigenvalue weighted by Crippen LogP contribution is 2.24. The molecule has 0 bridgehead atoms. The molecule has 0 aliphatic rings. The van der Waals surface area contributed by atoms with Crippen LogP contribution in [-0.4, -0.2) is 17.2 Å². The minimum Gasteiger partial charge on any atom is -0.481 e. The van der Waals surface area contributed by atoms with E-state index < -0.39 is 5.60 Å². The van der Waals surface area contributed by atoms with Crippen molar-refractivity contribution in [2.24, 2.45) is 0 Å². The lowest BCUT2D eigenvalue weighted by atomic mass is 9.96. The van der Waals surface area contributed by atoms with Crippen LogP contribution in [0.3, 0.4) is 0 Å². The largest absolute Gasteiger partial charge is 0.481 e. The molecule has 1 rings (SSSR count). The molecule has 0 radical (unpaired) electrons. The van der Waals surface area contributed by atoms with Crippen LogP contribution in [-0.2, 0) is 5.60 Å². The van der Waals surface area contributed by atoms with Crippen molar-refractivity contribution in [3.05, 3.63) is 23.4 Å². The Morgan fingerprint density at radius 1 is 1.46 bits per heavy atom. The van der Waals surface area contributed by atoms with Gasteiger partial charge < -0.3 is 9.84 Å². The van der Waals surface area contributed by atoms with Crippen LogP contribution in [0.1, 0.15) is 25.0 Å². The van der Waals surface area contributed by atoms with E-state index in [1.807, 2.05) is 13.0 Å². The maximum absolute atomic E-state index is 9.75. The van der Waals surface area contributed by atoms with E-state index in [4.69, 9.17) is 4.74 Å². The lowest BCUT2D eigenvalue weighted by Crippen LogP contribution is -2.17. The Bertz CT molecular complexity index is 302. The number of rotatable bonds is 2. The van der Waals surface area contributed by atoms with Crippen molar-refractivity contribution in [3.63, 3.8) is 0 Å². The van der Waals surface area contributed by atoms with E-state index in [1.54, 1.807) is 27.2 Å². The van der Waals surface area contributed by atoms with Gasteiger partial charge in [-0.25, -0.2) is 4.98 Å². The minimum absolute atomic E-state index is 0.575. The Morgan fingerprint density at radius 2 is 2.08 bits per heavy atom. The number of hydrogen-bond acceptors (Lipinski definition) is 3. The van der Waals surface area contributed by atoms with Crippen molar-refractivity contribution in [2.75, 3.05) is 7.11 Å². The van der Waals surface area contributed by atoms with Gasteiger partial charge in [0.2, 0.25) is 5.88 Å². The van der Waals surface area contributed by atoms with Gasteiger partial charge in [0, 0.05) is 17.8 Å². The highest BCUT2D eigenvalue weighted by atomic mass is 16.5. The van der Waals surface area contributed by atoms with Crippen LogP contribution in [0.2, 0.25) is 0 Å². The van der Waals surface area contributed by atoms with Crippen molar-refractivity contribution >= 4 is 0 Å². The molecular formula is C10H15NO2. The van der Waals surface area contributed by atoms with Crippen LogP contribution in [0.5, 0.6) is 5.88 Å².